The van der Waals surface area contributed by atoms with E-state index in [4.69, 9.17) is 15.5 Å². The summed E-state index contributed by atoms with van der Waals surface area (Å²) in [6.45, 7) is 2.21. The molecule has 1 aliphatic carbocycles. The van der Waals surface area contributed by atoms with Gasteiger partial charge in [-0.2, -0.15) is 0 Å². The van der Waals surface area contributed by atoms with Gasteiger partial charge in [0.25, 0.3) is 0 Å². The van der Waals surface area contributed by atoms with Gasteiger partial charge in [0.2, 0.25) is 0 Å². The Balaban J connectivity index is 1.80. The Labute approximate surface area is 118 Å². The van der Waals surface area contributed by atoms with Crippen LogP contribution in [0.5, 0.6) is 0 Å². The molecule has 5 heteroatoms. The maximum Gasteiger partial charge on any atom is 0.152 e. The number of aromatic nitrogens is 2. The molecule has 0 radical (unpaired) electrons. The third-order valence-electron chi connectivity index (χ3n) is 4.56. The van der Waals surface area contributed by atoms with Crippen LogP contribution in [0.1, 0.15) is 25.0 Å². The van der Waals surface area contributed by atoms with Crippen LogP contribution in [0, 0.1) is 0 Å². The second-order valence-corrected chi connectivity index (χ2v) is 5.62. The van der Waals surface area contributed by atoms with Crippen LogP contribution in [-0.4, -0.2) is 34.7 Å². The van der Waals surface area contributed by atoms with Gasteiger partial charge in [-0.25, -0.2) is 4.98 Å². The van der Waals surface area contributed by atoms with Crippen molar-refractivity contribution in [3.63, 3.8) is 0 Å². The van der Waals surface area contributed by atoms with Crippen molar-refractivity contribution in [2.75, 3.05) is 18.1 Å². The fraction of sp³-hybridized carbons (Fsp3) is 0.533. The van der Waals surface area contributed by atoms with Gasteiger partial charge in [-0.15, -0.1) is 0 Å². The van der Waals surface area contributed by atoms with Crippen LogP contribution in [0.4, 0.5) is 5.82 Å². The first kappa shape index (κ1) is 12.2. The van der Waals surface area contributed by atoms with Crippen molar-refractivity contribution in [2.24, 2.45) is 5.73 Å². The van der Waals surface area contributed by atoms with Gasteiger partial charge in [-0.1, -0.05) is 6.07 Å². The van der Waals surface area contributed by atoms with Crippen molar-refractivity contribution in [3.8, 4) is 0 Å². The number of rotatable bonds is 2. The second kappa shape index (κ2) is 4.75. The molecule has 0 spiro atoms. The van der Waals surface area contributed by atoms with Gasteiger partial charge in [0.1, 0.15) is 5.65 Å². The van der Waals surface area contributed by atoms with Crippen LogP contribution in [0.3, 0.4) is 0 Å². The largest absolute Gasteiger partial charge is 0.374 e. The topological polar surface area (TPSA) is 55.8 Å². The number of pyridine rings is 1. The van der Waals surface area contributed by atoms with E-state index in [0.717, 1.165) is 30.3 Å². The number of nitrogens with two attached hydrogens (primary N) is 1. The van der Waals surface area contributed by atoms with Gasteiger partial charge in [0, 0.05) is 19.3 Å². The summed E-state index contributed by atoms with van der Waals surface area (Å²) in [5.74, 6) is 1.05. The molecule has 2 aliphatic rings. The molecular formula is C15H20N4O. The lowest BCUT2D eigenvalue weighted by Gasteiger charge is -2.38. The maximum atomic E-state index is 5.99. The van der Waals surface area contributed by atoms with E-state index in [0.29, 0.717) is 18.7 Å². The minimum absolute atomic E-state index is 0.374. The standard InChI is InChI=1S/C15H20N4O/c16-10-12-15(17-14-6-1-2-7-18(12)14)19-8-9-20-13-5-3-4-11(13)19/h1-2,6-7,11,13H,3-5,8-10,16H2. The molecule has 2 atom stereocenters. The molecule has 20 heavy (non-hydrogen) atoms. The van der Waals surface area contributed by atoms with E-state index in [9.17, 15) is 0 Å². The number of anilines is 1. The SMILES string of the molecule is NCc1c(N2CCOC3CCCC32)nc2ccccn12. The van der Waals surface area contributed by atoms with E-state index < -0.39 is 0 Å². The highest BCUT2D eigenvalue weighted by Gasteiger charge is 2.37. The van der Waals surface area contributed by atoms with Crippen LogP contribution >= 0.6 is 0 Å². The van der Waals surface area contributed by atoms with E-state index in [1.165, 1.54) is 19.3 Å². The Morgan fingerprint density at radius 2 is 2.30 bits per heavy atom. The normalized spacial score (nSPS) is 26.1. The number of hydrogen-bond donors (Lipinski definition) is 1. The first-order valence-electron chi connectivity index (χ1n) is 7.43. The molecule has 4 rings (SSSR count). The van der Waals surface area contributed by atoms with E-state index in [-0.39, 0.29) is 0 Å². The summed E-state index contributed by atoms with van der Waals surface area (Å²) in [7, 11) is 0. The molecule has 1 saturated carbocycles. The molecule has 1 saturated heterocycles. The lowest BCUT2D eigenvalue weighted by atomic mass is 10.1. The Morgan fingerprint density at radius 3 is 3.20 bits per heavy atom. The number of morpholine rings is 1. The summed E-state index contributed by atoms with van der Waals surface area (Å²) in [5, 5.41) is 0. The Kier molecular flexibility index (Phi) is 2.89. The van der Waals surface area contributed by atoms with Crippen LogP contribution in [0.2, 0.25) is 0 Å². The van der Waals surface area contributed by atoms with Crippen molar-refractivity contribution < 1.29 is 4.74 Å². The minimum Gasteiger partial charge on any atom is -0.374 e. The molecule has 2 aromatic heterocycles. The predicted octanol–water partition coefficient (Wildman–Crippen LogP) is 1.55. The Morgan fingerprint density at radius 1 is 1.35 bits per heavy atom. The highest BCUT2D eigenvalue weighted by molar-refractivity contribution is 5.57. The van der Waals surface area contributed by atoms with Gasteiger partial charge in [-0.05, 0) is 31.4 Å². The highest BCUT2D eigenvalue weighted by Crippen LogP contribution is 2.34. The lowest BCUT2D eigenvalue weighted by Crippen LogP contribution is -2.49. The monoisotopic (exact) mass is 272 g/mol. The summed E-state index contributed by atoms with van der Waals surface area (Å²) in [4.78, 5) is 7.25. The molecule has 2 aromatic rings. The van der Waals surface area contributed by atoms with Crippen molar-refractivity contribution in [2.45, 2.75) is 38.0 Å². The van der Waals surface area contributed by atoms with Gasteiger partial charge in [-0.3, -0.25) is 0 Å². The second-order valence-electron chi connectivity index (χ2n) is 5.62. The smallest absolute Gasteiger partial charge is 0.152 e. The number of hydrogen-bond acceptors (Lipinski definition) is 4. The molecule has 2 N–H and O–H groups in total. The number of ether oxygens (including phenoxy) is 1. The molecular weight excluding hydrogens is 252 g/mol. The summed E-state index contributed by atoms with van der Waals surface area (Å²) in [6.07, 6.45) is 6.03. The highest BCUT2D eigenvalue weighted by atomic mass is 16.5. The van der Waals surface area contributed by atoms with E-state index in [1.54, 1.807) is 0 Å². The molecule has 2 unspecified atom stereocenters. The molecule has 0 bridgehead atoms. The number of fused-ring (bicyclic) bond motifs is 2. The van der Waals surface area contributed by atoms with Crippen molar-refractivity contribution in [3.05, 3.63) is 30.1 Å². The van der Waals surface area contributed by atoms with Crippen LogP contribution in [0.25, 0.3) is 5.65 Å². The molecule has 0 amide bonds. The van der Waals surface area contributed by atoms with E-state index in [2.05, 4.69) is 9.30 Å². The fourth-order valence-electron chi connectivity index (χ4n) is 3.64. The summed E-state index contributed by atoms with van der Waals surface area (Å²) in [5.41, 5.74) is 8.07. The minimum atomic E-state index is 0.374. The first-order chi connectivity index (χ1) is 9.88. The van der Waals surface area contributed by atoms with Gasteiger partial charge in [0.15, 0.2) is 5.82 Å². The summed E-state index contributed by atoms with van der Waals surface area (Å²) >= 11 is 0. The Bertz CT molecular complexity index is 623. The van der Waals surface area contributed by atoms with Crippen LogP contribution in [0.15, 0.2) is 24.4 Å². The Hall–Kier alpha value is -1.59. The quantitative estimate of drug-likeness (QED) is 0.901. The zero-order valence-corrected chi connectivity index (χ0v) is 11.5. The average Bonchev–Trinajstić information content (AvgIpc) is 3.10. The third-order valence-corrected chi connectivity index (χ3v) is 4.56. The number of imidazole rings is 1. The molecule has 2 fully saturated rings. The predicted molar refractivity (Wildman–Crippen MR) is 77.8 cm³/mol. The molecule has 0 aromatic carbocycles. The van der Waals surface area contributed by atoms with Crippen LogP contribution in [-0.2, 0) is 11.3 Å². The molecule has 3 heterocycles. The summed E-state index contributed by atoms with van der Waals surface area (Å²) in [6, 6.07) is 6.55. The zero-order chi connectivity index (χ0) is 13.5. The van der Waals surface area contributed by atoms with Crippen LogP contribution < -0.4 is 10.6 Å². The van der Waals surface area contributed by atoms with Crippen molar-refractivity contribution in [1.82, 2.24) is 9.38 Å². The average molecular weight is 272 g/mol. The molecule has 106 valence electrons. The van der Waals surface area contributed by atoms with E-state index >= 15 is 0 Å². The number of nitrogens with zero attached hydrogens (tertiary/aromatic N) is 3. The van der Waals surface area contributed by atoms with Gasteiger partial charge in [0.05, 0.1) is 24.4 Å². The third kappa shape index (κ3) is 1.73. The fourth-order valence-corrected chi connectivity index (χ4v) is 3.64. The van der Waals surface area contributed by atoms with Gasteiger partial charge < -0.3 is 19.8 Å². The zero-order valence-electron chi connectivity index (χ0n) is 11.5. The summed E-state index contributed by atoms with van der Waals surface area (Å²) < 4.78 is 8.00. The first-order valence-corrected chi connectivity index (χ1v) is 7.43. The molecule has 1 aliphatic heterocycles. The molecule has 5 nitrogen and oxygen atoms in total. The maximum absolute atomic E-state index is 5.99. The van der Waals surface area contributed by atoms with E-state index in [1.807, 2.05) is 24.4 Å². The van der Waals surface area contributed by atoms with Crippen molar-refractivity contribution in [1.29, 1.82) is 0 Å². The lowest BCUT2D eigenvalue weighted by molar-refractivity contribution is 0.0253. The van der Waals surface area contributed by atoms with Crippen molar-refractivity contribution >= 4 is 11.5 Å². The van der Waals surface area contributed by atoms with Gasteiger partial charge >= 0.3 is 0 Å².